The maximum atomic E-state index is 10.5. The Labute approximate surface area is 118 Å². The molecule has 1 heterocycles. The molecule has 0 aromatic heterocycles. The van der Waals surface area contributed by atoms with E-state index in [2.05, 4.69) is 34.6 Å². The van der Waals surface area contributed by atoms with Gasteiger partial charge in [0.2, 0.25) is 0 Å². The SMILES string of the molecule is CCCC1CCC(O)C(C2CC(C)(C)OC2(C)C)C1. The first kappa shape index (κ1) is 15.3. The van der Waals surface area contributed by atoms with E-state index in [0.29, 0.717) is 11.8 Å². The van der Waals surface area contributed by atoms with Crippen LogP contribution in [0, 0.1) is 17.8 Å². The number of hydrogen-bond donors (Lipinski definition) is 1. The van der Waals surface area contributed by atoms with Gasteiger partial charge in [0.1, 0.15) is 0 Å². The lowest BCUT2D eigenvalue weighted by Crippen LogP contribution is -2.41. The Balaban J connectivity index is 2.10. The first-order valence-corrected chi connectivity index (χ1v) is 8.13. The zero-order valence-corrected chi connectivity index (χ0v) is 13.4. The minimum Gasteiger partial charge on any atom is -0.393 e. The fourth-order valence-electron chi connectivity index (χ4n) is 4.66. The number of aliphatic hydroxyl groups is 1. The van der Waals surface area contributed by atoms with Crippen LogP contribution in [-0.2, 0) is 4.74 Å². The molecule has 1 aliphatic carbocycles. The summed E-state index contributed by atoms with van der Waals surface area (Å²) in [6.07, 6.45) is 6.95. The largest absolute Gasteiger partial charge is 0.393 e. The molecule has 1 aliphatic heterocycles. The van der Waals surface area contributed by atoms with E-state index in [9.17, 15) is 5.11 Å². The van der Waals surface area contributed by atoms with Gasteiger partial charge in [0, 0.05) is 0 Å². The molecule has 19 heavy (non-hydrogen) atoms. The Morgan fingerprint density at radius 2 is 1.84 bits per heavy atom. The topological polar surface area (TPSA) is 29.5 Å². The molecule has 0 spiro atoms. The van der Waals surface area contributed by atoms with Gasteiger partial charge in [-0.05, 0) is 71.1 Å². The first-order valence-electron chi connectivity index (χ1n) is 8.13. The van der Waals surface area contributed by atoms with Gasteiger partial charge in [-0.3, -0.25) is 0 Å². The van der Waals surface area contributed by atoms with Gasteiger partial charge >= 0.3 is 0 Å². The quantitative estimate of drug-likeness (QED) is 0.833. The summed E-state index contributed by atoms with van der Waals surface area (Å²) in [5, 5.41) is 10.5. The van der Waals surface area contributed by atoms with Crippen molar-refractivity contribution in [3.63, 3.8) is 0 Å². The summed E-state index contributed by atoms with van der Waals surface area (Å²) < 4.78 is 6.23. The van der Waals surface area contributed by atoms with Crippen LogP contribution in [0.1, 0.15) is 73.1 Å². The summed E-state index contributed by atoms with van der Waals surface area (Å²) >= 11 is 0. The fraction of sp³-hybridized carbons (Fsp3) is 1.00. The van der Waals surface area contributed by atoms with Gasteiger partial charge in [-0.25, -0.2) is 0 Å². The van der Waals surface area contributed by atoms with Crippen LogP contribution in [0.15, 0.2) is 0 Å². The molecule has 2 aliphatic rings. The Hall–Kier alpha value is -0.0800. The molecule has 2 nitrogen and oxygen atoms in total. The average Bonchev–Trinajstić information content (AvgIpc) is 2.50. The van der Waals surface area contributed by atoms with Crippen molar-refractivity contribution in [3.05, 3.63) is 0 Å². The maximum absolute atomic E-state index is 10.5. The van der Waals surface area contributed by atoms with Crippen molar-refractivity contribution in [1.29, 1.82) is 0 Å². The van der Waals surface area contributed by atoms with Crippen molar-refractivity contribution < 1.29 is 9.84 Å². The molecule has 2 heteroatoms. The second-order valence-corrected chi connectivity index (χ2v) is 7.97. The second-order valence-electron chi connectivity index (χ2n) is 7.97. The maximum Gasteiger partial charge on any atom is 0.0666 e. The van der Waals surface area contributed by atoms with Gasteiger partial charge in [-0.1, -0.05) is 19.8 Å². The molecule has 1 N–H and O–H groups in total. The van der Waals surface area contributed by atoms with Crippen molar-refractivity contribution >= 4 is 0 Å². The molecule has 0 aromatic rings. The van der Waals surface area contributed by atoms with Gasteiger partial charge in [-0.15, -0.1) is 0 Å². The van der Waals surface area contributed by atoms with Crippen molar-refractivity contribution in [1.82, 2.24) is 0 Å². The predicted octanol–water partition coefficient (Wildman–Crippen LogP) is 4.16. The van der Waals surface area contributed by atoms with E-state index in [0.717, 1.165) is 18.8 Å². The number of hydrogen-bond acceptors (Lipinski definition) is 2. The summed E-state index contributed by atoms with van der Waals surface area (Å²) in [7, 11) is 0. The second kappa shape index (κ2) is 5.37. The number of aliphatic hydroxyl groups excluding tert-OH is 1. The molecule has 1 saturated carbocycles. The molecular weight excluding hydrogens is 236 g/mol. The van der Waals surface area contributed by atoms with E-state index >= 15 is 0 Å². The minimum atomic E-state index is -0.116. The molecule has 112 valence electrons. The lowest BCUT2D eigenvalue weighted by atomic mass is 9.67. The predicted molar refractivity (Wildman–Crippen MR) is 79.1 cm³/mol. The minimum absolute atomic E-state index is 0.0361. The zero-order chi connectivity index (χ0) is 14.3. The third kappa shape index (κ3) is 3.33. The number of rotatable bonds is 3. The summed E-state index contributed by atoms with van der Waals surface area (Å²) in [5.74, 6) is 1.75. The molecule has 0 bridgehead atoms. The molecule has 0 radical (unpaired) electrons. The van der Waals surface area contributed by atoms with Crippen molar-refractivity contribution in [2.24, 2.45) is 17.8 Å². The monoisotopic (exact) mass is 268 g/mol. The molecule has 1 saturated heterocycles. The van der Waals surface area contributed by atoms with E-state index in [-0.39, 0.29) is 17.3 Å². The highest BCUT2D eigenvalue weighted by atomic mass is 16.5. The van der Waals surface area contributed by atoms with Crippen LogP contribution in [-0.4, -0.2) is 22.4 Å². The van der Waals surface area contributed by atoms with Crippen molar-refractivity contribution in [2.75, 3.05) is 0 Å². The molecule has 0 aromatic carbocycles. The normalized spacial score (nSPS) is 41.4. The molecule has 4 atom stereocenters. The van der Waals surface area contributed by atoms with Gasteiger partial charge < -0.3 is 9.84 Å². The number of ether oxygens (including phenoxy) is 1. The summed E-state index contributed by atoms with van der Waals surface area (Å²) in [4.78, 5) is 0. The Morgan fingerprint density at radius 3 is 2.37 bits per heavy atom. The van der Waals surface area contributed by atoms with E-state index in [1.54, 1.807) is 0 Å². The summed E-state index contributed by atoms with van der Waals surface area (Å²) in [6, 6.07) is 0. The lowest BCUT2D eigenvalue weighted by Gasteiger charge is -2.41. The Morgan fingerprint density at radius 1 is 1.16 bits per heavy atom. The standard InChI is InChI=1S/C17H32O2/c1-6-7-12-8-9-15(18)13(10-12)14-11-16(2,3)19-17(14,4)5/h12-15,18H,6-11H2,1-5H3. The summed E-state index contributed by atoms with van der Waals surface area (Å²) in [6.45, 7) is 11.1. The van der Waals surface area contributed by atoms with Crippen LogP contribution in [0.5, 0.6) is 0 Å². The zero-order valence-electron chi connectivity index (χ0n) is 13.4. The Bertz CT molecular complexity index is 308. The third-order valence-corrected chi connectivity index (χ3v) is 5.33. The van der Waals surface area contributed by atoms with Crippen LogP contribution in [0.25, 0.3) is 0 Å². The average molecular weight is 268 g/mol. The van der Waals surface area contributed by atoms with Crippen LogP contribution >= 0.6 is 0 Å². The third-order valence-electron chi connectivity index (χ3n) is 5.33. The van der Waals surface area contributed by atoms with Gasteiger partial charge in [0.05, 0.1) is 17.3 Å². The van der Waals surface area contributed by atoms with E-state index in [1.165, 1.54) is 25.7 Å². The fourth-order valence-corrected chi connectivity index (χ4v) is 4.66. The van der Waals surface area contributed by atoms with E-state index in [4.69, 9.17) is 4.74 Å². The lowest BCUT2D eigenvalue weighted by molar-refractivity contribution is -0.0935. The molecule has 2 rings (SSSR count). The van der Waals surface area contributed by atoms with Crippen LogP contribution in [0.3, 0.4) is 0 Å². The van der Waals surface area contributed by atoms with Crippen molar-refractivity contribution in [3.8, 4) is 0 Å². The smallest absolute Gasteiger partial charge is 0.0666 e. The molecule has 4 unspecified atom stereocenters. The molecular formula is C17H32O2. The molecule has 2 fully saturated rings. The molecule has 0 amide bonds. The van der Waals surface area contributed by atoms with Crippen LogP contribution in [0.2, 0.25) is 0 Å². The van der Waals surface area contributed by atoms with Gasteiger partial charge in [0.15, 0.2) is 0 Å². The van der Waals surface area contributed by atoms with Crippen LogP contribution in [0.4, 0.5) is 0 Å². The van der Waals surface area contributed by atoms with E-state index < -0.39 is 0 Å². The Kier molecular flexibility index (Phi) is 4.32. The summed E-state index contributed by atoms with van der Waals surface area (Å²) in [5.41, 5.74) is -0.130. The van der Waals surface area contributed by atoms with E-state index in [1.807, 2.05) is 0 Å². The van der Waals surface area contributed by atoms with Crippen molar-refractivity contribution in [2.45, 2.75) is 90.4 Å². The first-order chi connectivity index (χ1) is 8.75. The van der Waals surface area contributed by atoms with Crippen LogP contribution < -0.4 is 0 Å². The highest BCUT2D eigenvalue weighted by Gasteiger charge is 2.51. The van der Waals surface area contributed by atoms with Gasteiger partial charge in [-0.2, -0.15) is 0 Å². The highest BCUT2D eigenvalue weighted by Crippen LogP contribution is 2.50. The van der Waals surface area contributed by atoms with Gasteiger partial charge in [0.25, 0.3) is 0 Å². The highest BCUT2D eigenvalue weighted by molar-refractivity contribution is 5.00.